The summed E-state index contributed by atoms with van der Waals surface area (Å²) in [4.78, 5) is 10.0. The van der Waals surface area contributed by atoms with Crippen LogP contribution in [0, 0.1) is 11.8 Å². The van der Waals surface area contributed by atoms with Crippen molar-refractivity contribution in [3.8, 4) is 0 Å². The highest BCUT2D eigenvalue weighted by atomic mass is 16.1. The lowest BCUT2D eigenvalue weighted by atomic mass is 10.1. The van der Waals surface area contributed by atoms with E-state index < -0.39 is 0 Å². The van der Waals surface area contributed by atoms with Crippen LogP contribution in [0.2, 0.25) is 0 Å². The van der Waals surface area contributed by atoms with Crippen LogP contribution in [0.15, 0.2) is 66.7 Å². The number of nitrogens with two attached hydrogens (primary N) is 2. The Balaban J connectivity index is 0.000000125. The molecule has 120 valence electrons. The standard InChI is InChI=1S/C7H6O.C7H10.C6H8N2/c8-6-7-4-2-1-3-5-7;1-2-7-4-3-6(1)5-7;7-5-1-2-6(8)4-3-5/h1-6H;1-2,6-7H,3-5H2;1-4H,7-8H2. The van der Waals surface area contributed by atoms with Gasteiger partial charge in [0, 0.05) is 16.9 Å². The first-order valence-corrected chi connectivity index (χ1v) is 7.97. The molecule has 0 heterocycles. The quantitative estimate of drug-likeness (QED) is 0.468. The van der Waals surface area contributed by atoms with E-state index >= 15 is 0 Å². The van der Waals surface area contributed by atoms with Gasteiger partial charge < -0.3 is 11.5 Å². The van der Waals surface area contributed by atoms with Gasteiger partial charge >= 0.3 is 0 Å². The summed E-state index contributed by atoms with van der Waals surface area (Å²) in [6.07, 6.45) is 10.0. The fourth-order valence-electron chi connectivity index (χ4n) is 2.74. The number of hydrogen-bond acceptors (Lipinski definition) is 3. The zero-order chi connectivity index (χ0) is 16.5. The molecule has 23 heavy (non-hydrogen) atoms. The summed E-state index contributed by atoms with van der Waals surface area (Å²) in [5.41, 5.74) is 13.0. The molecular weight excluding hydrogens is 284 g/mol. The molecular formula is C20H24N2O. The lowest BCUT2D eigenvalue weighted by Crippen LogP contribution is -1.86. The molecule has 0 aliphatic heterocycles. The Morgan fingerprint density at radius 1 is 0.783 bits per heavy atom. The number of aldehydes is 1. The minimum atomic E-state index is 0.729. The van der Waals surface area contributed by atoms with Crippen molar-refractivity contribution >= 4 is 17.7 Å². The molecule has 3 nitrogen and oxygen atoms in total. The third-order valence-electron chi connectivity index (χ3n) is 4.04. The third kappa shape index (κ3) is 5.99. The van der Waals surface area contributed by atoms with E-state index in [0.29, 0.717) is 0 Å². The maximum absolute atomic E-state index is 10.0. The largest absolute Gasteiger partial charge is 0.399 e. The van der Waals surface area contributed by atoms with Gasteiger partial charge in [-0.2, -0.15) is 0 Å². The van der Waals surface area contributed by atoms with Gasteiger partial charge in [-0.1, -0.05) is 42.5 Å². The van der Waals surface area contributed by atoms with Gasteiger partial charge in [-0.25, -0.2) is 0 Å². The molecule has 1 fully saturated rings. The lowest BCUT2D eigenvalue weighted by molar-refractivity contribution is 0.112. The maximum Gasteiger partial charge on any atom is 0.150 e. The fourth-order valence-corrected chi connectivity index (χ4v) is 2.74. The van der Waals surface area contributed by atoms with Crippen LogP contribution < -0.4 is 11.5 Å². The van der Waals surface area contributed by atoms with E-state index in [-0.39, 0.29) is 0 Å². The Kier molecular flexibility index (Phi) is 6.42. The van der Waals surface area contributed by atoms with Crippen molar-refractivity contribution in [2.75, 3.05) is 11.5 Å². The van der Waals surface area contributed by atoms with Crippen LogP contribution >= 0.6 is 0 Å². The number of anilines is 2. The summed E-state index contributed by atoms with van der Waals surface area (Å²) >= 11 is 0. The number of carbonyl (C=O) groups excluding carboxylic acids is 1. The second-order valence-electron chi connectivity index (χ2n) is 5.91. The number of benzene rings is 2. The van der Waals surface area contributed by atoms with Crippen molar-refractivity contribution in [1.29, 1.82) is 0 Å². The lowest BCUT2D eigenvalue weighted by Gasteiger charge is -1.96. The molecule has 0 aromatic heterocycles. The molecule has 2 bridgehead atoms. The number of fused-ring (bicyclic) bond motifs is 2. The van der Waals surface area contributed by atoms with Gasteiger partial charge in [0.1, 0.15) is 6.29 Å². The van der Waals surface area contributed by atoms with Crippen LogP contribution in [0.4, 0.5) is 11.4 Å². The van der Waals surface area contributed by atoms with E-state index in [0.717, 1.165) is 35.1 Å². The zero-order valence-electron chi connectivity index (χ0n) is 13.3. The van der Waals surface area contributed by atoms with Gasteiger partial charge in [0.2, 0.25) is 0 Å². The second kappa shape index (κ2) is 8.79. The first-order chi connectivity index (χ1) is 11.2. The van der Waals surface area contributed by atoms with E-state index in [9.17, 15) is 4.79 Å². The van der Waals surface area contributed by atoms with E-state index in [1.807, 2.05) is 18.2 Å². The molecule has 2 aliphatic carbocycles. The minimum absolute atomic E-state index is 0.729. The summed E-state index contributed by atoms with van der Waals surface area (Å²) in [6, 6.07) is 16.2. The monoisotopic (exact) mass is 308 g/mol. The van der Waals surface area contributed by atoms with Crippen molar-refractivity contribution < 1.29 is 4.79 Å². The fraction of sp³-hybridized carbons (Fsp3) is 0.250. The predicted octanol–water partition coefficient (Wildman–Crippen LogP) is 4.32. The molecule has 0 amide bonds. The van der Waals surface area contributed by atoms with Crippen molar-refractivity contribution in [3.63, 3.8) is 0 Å². The molecule has 2 unspecified atom stereocenters. The number of nitrogen functional groups attached to an aromatic ring is 2. The number of allylic oxidation sites excluding steroid dienone is 2. The molecule has 0 saturated heterocycles. The van der Waals surface area contributed by atoms with Crippen molar-refractivity contribution in [2.24, 2.45) is 11.8 Å². The van der Waals surface area contributed by atoms with Gasteiger partial charge in [0.15, 0.2) is 0 Å². The van der Waals surface area contributed by atoms with Gasteiger partial charge in [-0.3, -0.25) is 4.79 Å². The summed E-state index contributed by atoms with van der Waals surface area (Å²) < 4.78 is 0. The molecule has 0 radical (unpaired) electrons. The first-order valence-electron chi connectivity index (χ1n) is 7.97. The van der Waals surface area contributed by atoms with Crippen molar-refractivity contribution in [3.05, 3.63) is 72.3 Å². The summed E-state index contributed by atoms with van der Waals surface area (Å²) in [5, 5.41) is 0. The second-order valence-corrected chi connectivity index (χ2v) is 5.91. The maximum atomic E-state index is 10.0. The van der Waals surface area contributed by atoms with Gasteiger partial charge in [0.05, 0.1) is 0 Å². The highest BCUT2D eigenvalue weighted by Gasteiger charge is 2.25. The van der Waals surface area contributed by atoms with Crippen LogP contribution in [-0.2, 0) is 0 Å². The van der Waals surface area contributed by atoms with Crippen LogP contribution in [0.5, 0.6) is 0 Å². The predicted molar refractivity (Wildman–Crippen MR) is 97.1 cm³/mol. The Morgan fingerprint density at radius 2 is 1.26 bits per heavy atom. The van der Waals surface area contributed by atoms with Crippen LogP contribution in [-0.4, -0.2) is 6.29 Å². The average molecular weight is 308 g/mol. The van der Waals surface area contributed by atoms with E-state index in [4.69, 9.17) is 11.5 Å². The van der Waals surface area contributed by atoms with E-state index in [1.54, 1.807) is 36.4 Å². The van der Waals surface area contributed by atoms with Crippen molar-refractivity contribution in [1.82, 2.24) is 0 Å². The molecule has 0 spiro atoms. The Morgan fingerprint density at radius 3 is 1.52 bits per heavy atom. The normalized spacial score (nSPS) is 20.0. The van der Waals surface area contributed by atoms with Gasteiger partial charge in [0.25, 0.3) is 0 Å². The topological polar surface area (TPSA) is 69.1 Å². The number of hydrogen-bond donors (Lipinski definition) is 2. The molecule has 4 N–H and O–H groups in total. The van der Waals surface area contributed by atoms with E-state index in [2.05, 4.69) is 12.2 Å². The van der Waals surface area contributed by atoms with Crippen LogP contribution in [0.3, 0.4) is 0 Å². The number of rotatable bonds is 1. The van der Waals surface area contributed by atoms with Crippen LogP contribution in [0.1, 0.15) is 29.6 Å². The highest BCUT2D eigenvalue weighted by molar-refractivity contribution is 5.74. The average Bonchev–Trinajstić information content (AvgIpc) is 3.25. The molecule has 3 heteroatoms. The summed E-state index contributed by atoms with van der Waals surface area (Å²) in [7, 11) is 0. The third-order valence-corrected chi connectivity index (χ3v) is 4.04. The van der Waals surface area contributed by atoms with Gasteiger partial charge in [-0.05, 0) is 55.4 Å². The summed E-state index contributed by atoms with van der Waals surface area (Å²) in [5.74, 6) is 1.98. The summed E-state index contributed by atoms with van der Waals surface area (Å²) in [6.45, 7) is 0. The Bertz CT molecular complexity index is 587. The first kappa shape index (κ1) is 16.8. The molecule has 2 aromatic carbocycles. The van der Waals surface area contributed by atoms with Crippen molar-refractivity contribution in [2.45, 2.75) is 19.3 Å². The zero-order valence-corrected chi connectivity index (χ0v) is 13.3. The molecule has 1 saturated carbocycles. The number of carbonyl (C=O) groups is 1. The molecule has 2 aromatic rings. The Hall–Kier alpha value is -2.55. The van der Waals surface area contributed by atoms with E-state index in [1.165, 1.54) is 19.3 Å². The molecule has 4 rings (SSSR count). The minimum Gasteiger partial charge on any atom is -0.399 e. The smallest absolute Gasteiger partial charge is 0.150 e. The van der Waals surface area contributed by atoms with Gasteiger partial charge in [-0.15, -0.1) is 0 Å². The Labute approximate surface area is 138 Å². The molecule has 2 aliphatic rings. The molecule has 2 atom stereocenters. The SMILES string of the molecule is C1=CC2CCC1C2.Nc1ccc(N)cc1.O=Cc1ccccc1. The van der Waals surface area contributed by atoms with Crippen LogP contribution in [0.25, 0.3) is 0 Å². The highest BCUT2D eigenvalue weighted by Crippen LogP contribution is 2.38.